The zero-order valence-electron chi connectivity index (χ0n) is 29.3. The molecule has 4 aromatic carbocycles. The third-order valence-electron chi connectivity index (χ3n) is 10.4. The monoisotopic (exact) mass is 735 g/mol. The fourth-order valence-corrected chi connectivity index (χ4v) is 10.9. The first kappa shape index (κ1) is 35.7. The number of hydrogen-bond acceptors (Lipinski definition) is 7. The van der Waals surface area contributed by atoms with Gasteiger partial charge in [0, 0.05) is 46.0 Å². The molecule has 2 amide bonds. The summed E-state index contributed by atoms with van der Waals surface area (Å²) in [6.07, 6.45) is 1.87. The van der Waals surface area contributed by atoms with Gasteiger partial charge in [-0.1, -0.05) is 84.4 Å². The van der Waals surface area contributed by atoms with Crippen LogP contribution in [0.3, 0.4) is 0 Å². The van der Waals surface area contributed by atoms with Crippen molar-refractivity contribution in [2.45, 2.75) is 62.7 Å². The van der Waals surface area contributed by atoms with Gasteiger partial charge in [0.2, 0.25) is 0 Å². The van der Waals surface area contributed by atoms with E-state index >= 15 is 0 Å². The zero-order chi connectivity index (χ0) is 36.6. The predicted octanol–water partition coefficient (Wildman–Crippen LogP) is 6.74. The first-order valence-electron chi connectivity index (χ1n) is 17.5. The molecule has 1 aromatic heterocycles. The molecule has 3 N–H and O–H groups in total. The number of carbonyl (C=O) groups is 2. The third-order valence-corrected chi connectivity index (χ3v) is 13.2. The van der Waals surface area contributed by atoms with Crippen LogP contribution >= 0.6 is 11.6 Å². The van der Waals surface area contributed by atoms with Gasteiger partial charge in [-0.3, -0.25) is 14.3 Å². The maximum Gasteiger partial charge on any atom is 0.264 e. The van der Waals surface area contributed by atoms with Gasteiger partial charge in [-0.2, -0.15) is 0 Å². The molecule has 10 nitrogen and oxygen atoms in total. The number of hydrogen-bond donors (Lipinski definition) is 3. The summed E-state index contributed by atoms with van der Waals surface area (Å²) in [5, 5.41) is 22.3. The third kappa shape index (κ3) is 6.70. The van der Waals surface area contributed by atoms with E-state index in [1.165, 1.54) is 0 Å². The van der Waals surface area contributed by atoms with E-state index in [2.05, 4.69) is 15.6 Å². The number of carbonyl (C=O) groups excluding carboxylic acids is 2. The maximum atomic E-state index is 14.9. The number of aromatic nitrogens is 3. The predicted molar refractivity (Wildman–Crippen MR) is 203 cm³/mol. The van der Waals surface area contributed by atoms with Crippen molar-refractivity contribution in [3.8, 4) is 0 Å². The van der Waals surface area contributed by atoms with E-state index in [0.717, 1.165) is 11.1 Å². The number of benzene rings is 4. The van der Waals surface area contributed by atoms with Crippen molar-refractivity contribution in [2.75, 3.05) is 16.8 Å². The summed E-state index contributed by atoms with van der Waals surface area (Å²) in [6, 6.07) is 31.6. The number of amides is 2. The van der Waals surface area contributed by atoms with Crippen molar-refractivity contribution in [1.82, 2.24) is 15.0 Å². The Kier molecular flexibility index (Phi) is 9.90. The Balaban J connectivity index is 1.15. The summed E-state index contributed by atoms with van der Waals surface area (Å²) in [5.74, 6) is -1.10. The number of aryl methyl sites for hydroxylation is 1. The number of nitrogens with one attached hydrogen (secondary N) is 1. The number of nitrogens with zero attached hydrogens (tertiary/aromatic N) is 4. The van der Waals surface area contributed by atoms with Crippen molar-refractivity contribution in [1.29, 1.82) is 0 Å². The van der Waals surface area contributed by atoms with Crippen molar-refractivity contribution in [2.24, 2.45) is 5.92 Å². The molecule has 7 rings (SSSR count). The lowest BCUT2D eigenvalue weighted by Crippen LogP contribution is -2.46. The topological polar surface area (TPSA) is 130 Å². The Morgan fingerprint density at radius 2 is 1.75 bits per heavy atom. The molecule has 5 aromatic rings. The van der Waals surface area contributed by atoms with Crippen LogP contribution in [-0.2, 0) is 28.2 Å². The van der Waals surface area contributed by atoms with Crippen LogP contribution in [0.4, 0.5) is 11.4 Å². The van der Waals surface area contributed by atoms with Crippen LogP contribution in [0.5, 0.6) is 0 Å². The Morgan fingerprint density at radius 3 is 2.46 bits per heavy atom. The van der Waals surface area contributed by atoms with E-state index in [1.807, 2.05) is 111 Å². The maximum absolute atomic E-state index is 14.9. The van der Waals surface area contributed by atoms with Crippen molar-refractivity contribution < 1.29 is 24.2 Å². The highest BCUT2D eigenvalue weighted by Crippen LogP contribution is 2.60. The molecule has 1 saturated heterocycles. The largest absolute Gasteiger partial charge is 0.432 e. The average molecular weight is 736 g/mol. The molecule has 0 radical (unpaired) electrons. The van der Waals surface area contributed by atoms with Gasteiger partial charge >= 0.3 is 0 Å². The molecule has 2 aliphatic heterocycles. The fraction of sp³-hybridized carbons (Fsp3) is 0.300. The Bertz CT molecular complexity index is 2070. The number of fused-ring (bicyclic) bond motifs is 2. The van der Waals surface area contributed by atoms with Gasteiger partial charge in [0.15, 0.2) is 13.9 Å². The quantitative estimate of drug-likeness (QED) is 0.128. The van der Waals surface area contributed by atoms with Crippen molar-refractivity contribution in [3.63, 3.8) is 0 Å². The minimum atomic E-state index is -2.90. The van der Waals surface area contributed by atoms with Crippen LogP contribution < -0.4 is 10.2 Å². The molecule has 1 spiro atoms. The number of rotatable bonds is 11. The standard InChI is InChI=1S/C40H42ClN5O5Si/c1-26-37(52(2,3)50)36(19-20-45-24-34(43-44-45)32(25-47)28-12-6-4-7-13-28)51-40(26)33-22-30(41)17-18-35(33)46(39(40)49)23-27-11-10-16-31(21-27)42-38(48)29-14-8-5-9-15-29/h4-18,21-22,24,26,32,36-37,47,50H,19-20,23,25H2,1-3H3,(H,42,48)/t26-,32?,36+,37-,40+/m1/s1. The second kappa shape index (κ2) is 14.4. The Hall–Kier alpha value is -4.65. The van der Waals surface area contributed by atoms with Crippen LogP contribution in [0.2, 0.25) is 23.7 Å². The van der Waals surface area contributed by atoms with E-state index < -0.39 is 20.0 Å². The molecule has 268 valence electrons. The van der Waals surface area contributed by atoms with Gasteiger partial charge in [0.1, 0.15) is 0 Å². The molecule has 0 saturated carbocycles. The van der Waals surface area contributed by atoms with Gasteiger partial charge in [0.05, 0.1) is 36.6 Å². The first-order valence-corrected chi connectivity index (χ1v) is 20.9. The Morgan fingerprint density at radius 1 is 1.02 bits per heavy atom. The summed E-state index contributed by atoms with van der Waals surface area (Å²) in [5.41, 5.74) is 3.36. The molecular weight excluding hydrogens is 694 g/mol. The molecule has 1 fully saturated rings. The summed E-state index contributed by atoms with van der Waals surface area (Å²) in [7, 11) is -2.90. The van der Waals surface area contributed by atoms with Crippen LogP contribution in [0, 0.1) is 5.92 Å². The second-order valence-electron chi connectivity index (χ2n) is 14.3. The van der Waals surface area contributed by atoms with E-state index in [0.29, 0.717) is 46.2 Å². The molecule has 1 unspecified atom stereocenters. The van der Waals surface area contributed by atoms with Crippen LogP contribution in [0.25, 0.3) is 0 Å². The van der Waals surface area contributed by atoms with Gasteiger partial charge in [-0.15, -0.1) is 5.10 Å². The lowest BCUT2D eigenvalue weighted by Gasteiger charge is -2.32. The highest BCUT2D eigenvalue weighted by molar-refractivity contribution is 6.71. The van der Waals surface area contributed by atoms with E-state index in [-0.39, 0.29) is 42.3 Å². The molecule has 3 heterocycles. The summed E-state index contributed by atoms with van der Waals surface area (Å²) in [6.45, 7) is 6.37. The molecule has 52 heavy (non-hydrogen) atoms. The van der Waals surface area contributed by atoms with Crippen LogP contribution in [-0.4, -0.2) is 57.7 Å². The molecule has 5 atom stereocenters. The minimum Gasteiger partial charge on any atom is -0.432 e. The lowest BCUT2D eigenvalue weighted by atomic mass is 9.82. The summed E-state index contributed by atoms with van der Waals surface area (Å²) >= 11 is 6.59. The van der Waals surface area contributed by atoms with Crippen LogP contribution in [0.15, 0.2) is 109 Å². The van der Waals surface area contributed by atoms with E-state index in [9.17, 15) is 19.5 Å². The molecule has 0 aliphatic carbocycles. The molecule has 12 heteroatoms. The van der Waals surface area contributed by atoms with Gasteiger partial charge in [-0.25, -0.2) is 0 Å². The van der Waals surface area contributed by atoms with Crippen LogP contribution in [0.1, 0.15) is 52.0 Å². The smallest absolute Gasteiger partial charge is 0.264 e. The highest BCUT2D eigenvalue weighted by Gasteiger charge is 2.66. The number of aliphatic hydroxyl groups excluding tert-OH is 1. The average Bonchev–Trinajstić information content (AvgIpc) is 3.79. The van der Waals surface area contributed by atoms with Gasteiger partial charge in [0.25, 0.3) is 11.8 Å². The highest BCUT2D eigenvalue weighted by atomic mass is 35.5. The number of anilines is 2. The van der Waals surface area contributed by atoms with E-state index in [4.69, 9.17) is 16.3 Å². The SMILES string of the molecule is C[C@@H]1[C@@H]([Si](C)(C)O)[C@H](CCn2cc(C(CO)c3ccccc3)nn2)O[C@@]12C(=O)N(Cc1cccc(NC(=O)c3ccccc3)c1)c1ccc(Cl)cc12. The van der Waals surface area contributed by atoms with Crippen molar-refractivity contribution in [3.05, 3.63) is 142 Å². The Labute approximate surface area is 309 Å². The normalized spacial score (nSPS) is 21.8. The number of ether oxygens (including phenoxy) is 1. The fourth-order valence-electron chi connectivity index (χ4n) is 8.10. The zero-order valence-corrected chi connectivity index (χ0v) is 31.1. The summed E-state index contributed by atoms with van der Waals surface area (Å²) in [4.78, 5) is 41.2. The first-order chi connectivity index (χ1) is 25.0. The van der Waals surface area contributed by atoms with Gasteiger partial charge < -0.3 is 24.9 Å². The number of halogens is 1. The molecule has 0 bridgehead atoms. The van der Waals surface area contributed by atoms with Crippen molar-refractivity contribution >= 4 is 43.1 Å². The van der Waals surface area contributed by atoms with E-state index in [1.54, 1.807) is 27.8 Å². The molecular formula is C40H42ClN5O5Si. The minimum absolute atomic E-state index is 0.103. The lowest BCUT2D eigenvalue weighted by molar-refractivity contribution is -0.146. The second-order valence-corrected chi connectivity index (χ2v) is 18.7. The number of aliphatic hydroxyl groups is 1. The summed E-state index contributed by atoms with van der Waals surface area (Å²) < 4.78 is 8.72. The van der Waals surface area contributed by atoms with Gasteiger partial charge in [-0.05, 0) is 73.1 Å². The molecule has 2 aliphatic rings.